The number of hydrogen-bond donors (Lipinski definition) is 2. The van der Waals surface area contributed by atoms with Gasteiger partial charge in [-0.1, -0.05) is 6.58 Å². The van der Waals surface area contributed by atoms with E-state index in [4.69, 9.17) is 9.72 Å². The lowest BCUT2D eigenvalue weighted by atomic mass is 10.1. The topological polar surface area (TPSA) is 83.8 Å². The number of nitrogens with one attached hydrogen (secondary N) is 2. The highest BCUT2D eigenvalue weighted by Gasteiger charge is 2.26. The Morgan fingerprint density at radius 1 is 1.34 bits per heavy atom. The maximum Gasteiger partial charge on any atom is 0.251 e. The van der Waals surface area contributed by atoms with Gasteiger partial charge in [-0.25, -0.2) is 4.98 Å². The fraction of sp³-hybridized carbons (Fsp3) is 0.476. The van der Waals surface area contributed by atoms with Crippen molar-refractivity contribution >= 4 is 29.3 Å². The molecule has 2 aromatic rings. The summed E-state index contributed by atoms with van der Waals surface area (Å²) in [5.41, 5.74) is 3.00. The third-order valence-corrected chi connectivity index (χ3v) is 5.83. The van der Waals surface area contributed by atoms with Gasteiger partial charge in [-0.2, -0.15) is 9.61 Å². The van der Waals surface area contributed by atoms with Gasteiger partial charge in [0.05, 0.1) is 6.20 Å². The molecule has 0 aromatic carbocycles. The summed E-state index contributed by atoms with van der Waals surface area (Å²) < 4.78 is 7.36. The number of ether oxygens (including phenoxy) is 1. The fourth-order valence-corrected chi connectivity index (χ4v) is 3.95. The Kier molecular flexibility index (Phi) is 4.50. The molecule has 3 fully saturated rings. The van der Waals surface area contributed by atoms with Crippen LogP contribution in [0.25, 0.3) is 11.7 Å². The van der Waals surface area contributed by atoms with E-state index in [0.29, 0.717) is 24.1 Å². The van der Waals surface area contributed by atoms with Crippen molar-refractivity contribution in [3.63, 3.8) is 0 Å². The largest absolute Gasteiger partial charge is 0.381 e. The summed E-state index contributed by atoms with van der Waals surface area (Å²) in [6.45, 7) is 5.42. The van der Waals surface area contributed by atoms with E-state index >= 15 is 0 Å². The molecule has 2 N–H and O–H groups in total. The number of carbonyl (C=O) groups is 1. The third-order valence-electron chi connectivity index (χ3n) is 5.83. The molecule has 0 atom stereocenters. The van der Waals surface area contributed by atoms with E-state index in [2.05, 4.69) is 40.3 Å². The highest BCUT2D eigenvalue weighted by Crippen LogP contribution is 2.30. The number of amides is 1. The van der Waals surface area contributed by atoms with Crippen molar-refractivity contribution < 1.29 is 9.53 Å². The third kappa shape index (κ3) is 3.60. The predicted molar refractivity (Wildman–Crippen MR) is 112 cm³/mol. The van der Waals surface area contributed by atoms with Crippen LogP contribution in [0.2, 0.25) is 0 Å². The van der Waals surface area contributed by atoms with E-state index in [1.54, 1.807) is 6.20 Å². The van der Waals surface area contributed by atoms with Crippen LogP contribution in [0.4, 0.5) is 11.6 Å². The molecule has 8 nitrogen and oxygen atoms in total. The zero-order valence-electron chi connectivity index (χ0n) is 16.6. The van der Waals surface area contributed by atoms with Crippen LogP contribution in [0.15, 0.2) is 30.1 Å². The summed E-state index contributed by atoms with van der Waals surface area (Å²) in [5, 5.41) is 10.9. The standard InChI is InChI=1S/C21H26N6O2/c1-13-9-14(21(28)23-13)10-15-12-22-27-19(24-16-3-4-16)11-18(25-20(15)27)26(2)17-5-7-29-8-6-17/h10-12,16-17,24H,1,3-9H2,2H3,(H,23,28)/b14-10+. The minimum absolute atomic E-state index is 0.0962. The van der Waals surface area contributed by atoms with Gasteiger partial charge in [-0.3, -0.25) is 4.79 Å². The van der Waals surface area contributed by atoms with E-state index in [0.717, 1.165) is 54.6 Å². The van der Waals surface area contributed by atoms with Crippen molar-refractivity contribution in [2.45, 2.75) is 44.2 Å². The van der Waals surface area contributed by atoms with Crippen molar-refractivity contribution in [1.82, 2.24) is 19.9 Å². The number of rotatable bonds is 5. The smallest absolute Gasteiger partial charge is 0.251 e. The van der Waals surface area contributed by atoms with Crippen LogP contribution < -0.4 is 15.5 Å². The first-order valence-corrected chi connectivity index (χ1v) is 10.2. The van der Waals surface area contributed by atoms with Gasteiger partial charge in [0.15, 0.2) is 5.65 Å². The summed E-state index contributed by atoms with van der Waals surface area (Å²) in [5.74, 6) is 1.76. The molecular formula is C21H26N6O2. The quantitative estimate of drug-likeness (QED) is 0.758. The molecule has 152 valence electrons. The SMILES string of the molecule is C=C1C/C(=C\c2cnn3c(NC4CC4)cc(N(C)C4CCOCC4)nc23)C(=O)N1. The summed E-state index contributed by atoms with van der Waals surface area (Å²) in [6.07, 6.45) is 8.53. The lowest BCUT2D eigenvalue weighted by Crippen LogP contribution is -2.37. The number of hydrogen-bond acceptors (Lipinski definition) is 6. The number of nitrogens with zero attached hydrogens (tertiary/aromatic N) is 4. The first-order valence-electron chi connectivity index (χ1n) is 10.2. The molecular weight excluding hydrogens is 368 g/mol. The molecule has 1 aliphatic carbocycles. The van der Waals surface area contributed by atoms with E-state index < -0.39 is 0 Å². The van der Waals surface area contributed by atoms with Crippen LogP contribution in [0.1, 0.15) is 37.7 Å². The second-order valence-corrected chi connectivity index (χ2v) is 8.11. The van der Waals surface area contributed by atoms with Gasteiger partial charge in [0.25, 0.3) is 5.91 Å². The Bertz CT molecular complexity index is 1000. The van der Waals surface area contributed by atoms with Crippen molar-refractivity contribution in [2.75, 3.05) is 30.5 Å². The molecule has 3 aliphatic rings. The fourth-order valence-electron chi connectivity index (χ4n) is 3.95. The summed E-state index contributed by atoms with van der Waals surface area (Å²) in [4.78, 5) is 19.3. The summed E-state index contributed by atoms with van der Waals surface area (Å²) in [7, 11) is 2.10. The van der Waals surface area contributed by atoms with E-state index in [1.165, 1.54) is 12.8 Å². The Hall–Kier alpha value is -2.87. The van der Waals surface area contributed by atoms with Gasteiger partial charge in [0.1, 0.15) is 11.6 Å². The molecule has 8 heteroatoms. The van der Waals surface area contributed by atoms with Crippen LogP contribution in [-0.4, -0.2) is 52.9 Å². The summed E-state index contributed by atoms with van der Waals surface area (Å²) >= 11 is 0. The molecule has 4 heterocycles. The molecule has 1 amide bonds. The van der Waals surface area contributed by atoms with Gasteiger partial charge in [0.2, 0.25) is 0 Å². The van der Waals surface area contributed by atoms with Crippen LogP contribution in [0.5, 0.6) is 0 Å². The number of fused-ring (bicyclic) bond motifs is 1. The van der Waals surface area contributed by atoms with Crippen molar-refractivity contribution in [3.8, 4) is 0 Å². The molecule has 1 saturated carbocycles. The molecule has 0 spiro atoms. The molecule has 2 aromatic heterocycles. The van der Waals surface area contributed by atoms with Crippen molar-refractivity contribution in [1.29, 1.82) is 0 Å². The van der Waals surface area contributed by atoms with E-state index in [9.17, 15) is 4.79 Å². The molecule has 2 aliphatic heterocycles. The van der Waals surface area contributed by atoms with Crippen LogP contribution in [-0.2, 0) is 9.53 Å². The van der Waals surface area contributed by atoms with Gasteiger partial charge in [-0.05, 0) is 31.8 Å². The van der Waals surface area contributed by atoms with Crippen LogP contribution in [0, 0.1) is 0 Å². The molecule has 29 heavy (non-hydrogen) atoms. The van der Waals surface area contributed by atoms with Crippen LogP contribution in [0.3, 0.4) is 0 Å². The molecule has 0 bridgehead atoms. The number of allylic oxidation sites excluding steroid dienone is 1. The van der Waals surface area contributed by atoms with Crippen LogP contribution >= 0.6 is 0 Å². The van der Waals surface area contributed by atoms with Gasteiger partial charge in [0, 0.05) is 61.7 Å². The second kappa shape index (κ2) is 7.18. The maximum absolute atomic E-state index is 12.1. The lowest BCUT2D eigenvalue weighted by Gasteiger charge is -2.32. The maximum atomic E-state index is 12.1. The Labute approximate surface area is 169 Å². The monoisotopic (exact) mass is 394 g/mol. The first-order chi connectivity index (χ1) is 14.1. The summed E-state index contributed by atoms with van der Waals surface area (Å²) in [6, 6.07) is 2.98. The number of aromatic nitrogens is 3. The molecule has 0 radical (unpaired) electrons. The average Bonchev–Trinajstić information content (AvgIpc) is 3.36. The normalized spacial score (nSPS) is 21.8. The zero-order valence-corrected chi connectivity index (χ0v) is 16.6. The molecule has 5 rings (SSSR count). The van der Waals surface area contributed by atoms with Gasteiger partial charge >= 0.3 is 0 Å². The highest BCUT2D eigenvalue weighted by molar-refractivity contribution is 6.02. The number of carbonyl (C=O) groups excluding carboxylic acids is 1. The minimum Gasteiger partial charge on any atom is -0.381 e. The molecule has 2 saturated heterocycles. The van der Waals surface area contributed by atoms with E-state index in [1.807, 2.05) is 10.6 Å². The predicted octanol–water partition coefficient (Wildman–Crippen LogP) is 2.34. The average molecular weight is 394 g/mol. The molecule has 0 unspecified atom stereocenters. The first kappa shape index (κ1) is 18.2. The minimum atomic E-state index is -0.0962. The van der Waals surface area contributed by atoms with Gasteiger partial charge in [-0.15, -0.1) is 0 Å². The van der Waals surface area contributed by atoms with Crippen molar-refractivity contribution in [2.24, 2.45) is 0 Å². The Morgan fingerprint density at radius 3 is 2.83 bits per heavy atom. The highest BCUT2D eigenvalue weighted by atomic mass is 16.5. The van der Waals surface area contributed by atoms with Crippen molar-refractivity contribution in [3.05, 3.63) is 35.7 Å². The number of anilines is 2. The Balaban J connectivity index is 1.56. The Morgan fingerprint density at radius 2 is 2.14 bits per heavy atom. The zero-order chi connectivity index (χ0) is 20.0. The van der Waals surface area contributed by atoms with E-state index in [-0.39, 0.29) is 5.91 Å². The van der Waals surface area contributed by atoms with Gasteiger partial charge < -0.3 is 20.3 Å². The lowest BCUT2D eigenvalue weighted by molar-refractivity contribution is -0.115. The second-order valence-electron chi connectivity index (χ2n) is 8.11.